The van der Waals surface area contributed by atoms with E-state index in [0.717, 1.165) is 10.5 Å². The number of hydrogen-bond donors (Lipinski definition) is 0. The Hall–Kier alpha value is -2.90. The van der Waals surface area contributed by atoms with Crippen molar-refractivity contribution in [2.45, 2.75) is 45.9 Å². The molecule has 0 spiro atoms. The summed E-state index contributed by atoms with van der Waals surface area (Å²) in [6.45, 7) is 4.67. The molecule has 1 aromatic rings. The maximum absolute atomic E-state index is 12.9. The molecule has 0 aliphatic carbocycles. The van der Waals surface area contributed by atoms with Gasteiger partial charge in [0.15, 0.2) is 6.61 Å². The van der Waals surface area contributed by atoms with Gasteiger partial charge in [0, 0.05) is 13.5 Å². The van der Waals surface area contributed by atoms with Gasteiger partial charge in [0.25, 0.3) is 5.91 Å². The van der Waals surface area contributed by atoms with Crippen molar-refractivity contribution in [1.82, 2.24) is 9.80 Å². The van der Waals surface area contributed by atoms with E-state index in [-0.39, 0.29) is 12.5 Å². The molecule has 0 unspecified atom stereocenters. The van der Waals surface area contributed by atoms with Crippen molar-refractivity contribution in [3.63, 3.8) is 0 Å². The number of imide groups is 1. The van der Waals surface area contributed by atoms with Gasteiger partial charge in [-0.2, -0.15) is 0 Å². The zero-order chi connectivity index (χ0) is 20.5. The van der Waals surface area contributed by atoms with Crippen LogP contribution in [0.15, 0.2) is 30.3 Å². The van der Waals surface area contributed by atoms with Gasteiger partial charge in [-0.1, -0.05) is 30.3 Å². The number of fused-ring (bicyclic) bond motifs is 1. The van der Waals surface area contributed by atoms with Crippen molar-refractivity contribution in [2.24, 2.45) is 5.41 Å². The number of carbonyl (C=O) groups is 4. The standard InChI is InChI=1S/C20H24N2O6/c1-13(23)27-12-16(24)22-15-9-10-21(17(15)20(2,3)18(22)25)19(26)28-11-14-7-5-4-6-8-14/h4-8,15,17H,9-12H2,1-3H3/t15-,17-/m0/s1. The Labute approximate surface area is 163 Å². The zero-order valence-electron chi connectivity index (χ0n) is 16.2. The first-order valence-corrected chi connectivity index (χ1v) is 9.20. The van der Waals surface area contributed by atoms with Crippen LogP contribution in [0.5, 0.6) is 0 Å². The molecule has 0 bridgehead atoms. The lowest BCUT2D eigenvalue weighted by Gasteiger charge is -2.31. The van der Waals surface area contributed by atoms with E-state index in [1.165, 1.54) is 11.8 Å². The van der Waals surface area contributed by atoms with Gasteiger partial charge in [-0.15, -0.1) is 0 Å². The molecule has 1 aromatic carbocycles. The molecule has 2 aliphatic rings. The summed E-state index contributed by atoms with van der Waals surface area (Å²) in [5, 5.41) is 0. The minimum absolute atomic E-state index is 0.136. The second kappa shape index (κ2) is 7.61. The van der Waals surface area contributed by atoms with Gasteiger partial charge in [0.2, 0.25) is 5.91 Å². The van der Waals surface area contributed by atoms with Crippen LogP contribution in [0.1, 0.15) is 32.8 Å². The van der Waals surface area contributed by atoms with Crippen molar-refractivity contribution in [1.29, 1.82) is 0 Å². The largest absolute Gasteiger partial charge is 0.456 e. The number of amides is 3. The molecule has 2 atom stereocenters. The van der Waals surface area contributed by atoms with E-state index in [1.807, 2.05) is 30.3 Å². The average Bonchev–Trinajstić information content (AvgIpc) is 3.17. The Kier molecular flexibility index (Phi) is 5.40. The summed E-state index contributed by atoms with van der Waals surface area (Å²) in [5.74, 6) is -1.53. The molecule has 2 saturated heterocycles. The molecule has 2 aliphatic heterocycles. The van der Waals surface area contributed by atoms with E-state index in [9.17, 15) is 19.2 Å². The average molecular weight is 388 g/mol. The van der Waals surface area contributed by atoms with Crippen molar-refractivity contribution >= 4 is 23.9 Å². The lowest BCUT2D eigenvalue weighted by Crippen LogP contribution is -2.46. The van der Waals surface area contributed by atoms with Crippen molar-refractivity contribution in [3.05, 3.63) is 35.9 Å². The van der Waals surface area contributed by atoms with E-state index in [1.54, 1.807) is 13.8 Å². The maximum Gasteiger partial charge on any atom is 0.410 e. The van der Waals surface area contributed by atoms with Crippen LogP contribution in [0.3, 0.4) is 0 Å². The molecule has 0 N–H and O–H groups in total. The third-order valence-electron chi connectivity index (χ3n) is 5.31. The fourth-order valence-electron chi connectivity index (χ4n) is 4.04. The topological polar surface area (TPSA) is 93.2 Å². The molecule has 8 nitrogen and oxygen atoms in total. The maximum atomic E-state index is 12.9. The van der Waals surface area contributed by atoms with E-state index >= 15 is 0 Å². The Morgan fingerprint density at radius 1 is 1.14 bits per heavy atom. The summed E-state index contributed by atoms with van der Waals surface area (Å²) in [6.07, 6.45) is -0.0435. The van der Waals surface area contributed by atoms with Crippen LogP contribution in [0.2, 0.25) is 0 Å². The summed E-state index contributed by atoms with van der Waals surface area (Å²) in [6, 6.07) is 8.39. The van der Waals surface area contributed by atoms with Gasteiger partial charge in [-0.3, -0.25) is 19.3 Å². The number of hydrogen-bond acceptors (Lipinski definition) is 6. The Morgan fingerprint density at radius 2 is 1.82 bits per heavy atom. The van der Waals surface area contributed by atoms with Crippen LogP contribution in [0.4, 0.5) is 4.79 Å². The van der Waals surface area contributed by atoms with E-state index in [0.29, 0.717) is 13.0 Å². The molecule has 0 saturated carbocycles. The lowest BCUT2D eigenvalue weighted by molar-refractivity contribution is -0.156. The number of carbonyl (C=O) groups excluding carboxylic acids is 4. The highest BCUT2D eigenvalue weighted by Gasteiger charge is 2.61. The fourth-order valence-corrected chi connectivity index (χ4v) is 4.04. The highest BCUT2D eigenvalue weighted by Crippen LogP contribution is 2.44. The highest BCUT2D eigenvalue weighted by atomic mass is 16.6. The number of esters is 1. The van der Waals surface area contributed by atoms with Gasteiger partial charge in [0.05, 0.1) is 17.5 Å². The predicted octanol–water partition coefficient (Wildman–Crippen LogP) is 1.72. The Balaban J connectivity index is 1.72. The second-order valence-corrected chi connectivity index (χ2v) is 7.61. The molecule has 28 heavy (non-hydrogen) atoms. The van der Waals surface area contributed by atoms with Crippen LogP contribution in [-0.4, -0.2) is 58.9 Å². The third kappa shape index (κ3) is 3.58. The first-order valence-electron chi connectivity index (χ1n) is 9.20. The lowest BCUT2D eigenvalue weighted by atomic mass is 9.84. The first kappa shape index (κ1) is 19.9. The van der Waals surface area contributed by atoms with Crippen molar-refractivity contribution < 1.29 is 28.7 Å². The van der Waals surface area contributed by atoms with Gasteiger partial charge < -0.3 is 14.4 Å². The van der Waals surface area contributed by atoms with Gasteiger partial charge in [-0.05, 0) is 25.8 Å². The predicted molar refractivity (Wildman–Crippen MR) is 97.8 cm³/mol. The number of rotatable bonds is 4. The monoisotopic (exact) mass is 388 g/mol. The Bertz CT molecular complexity index is 791. The normalized spacial score (nSPS) is 22.8. The minimum atomic E-state index is -0.946. The smallest absolute Gasteiger partial charge is 0.410 e. The SMILES string of the molecule is CC(=O)OCC(=O)N1C(=O)C(C)(C)[C@@H]2[C@@H]1CCN2C(=O)OCc1ccccc1. The summed E-state index contributed by atoms with van der Waals surface area (Å²) in [5.41, 5.74) is -0.0785. The number of benzene rings is 1. The van der Waals surface area contributed by atoms with Crippen LogP contribution in [-0.2, 0) is 30.5 Å². The molecule has 2 fully saturated rings. The van der Waals surface area contributed by atoms with Crippen molar-refractivity contribution in [2.75, 3.05) is 13.2 Å². The van der Waals surface area contributed by atoms with Gasteiger partial charge in [0.1, 0.15) is 6.61 Å². The number of nitrogens with zero attached hydrogens (tertiary/aromatic N) is 2. The zero-order valence-corrected chi connectivity index (χ0v) is 16.2. The van der Waals surface area contributed by atoms with Crippen LogP contribution in [0.25, 0.3) is 0 Å². The molecular weight excluding hydrogens is 364 g/mol. The molecule has 0 radical (unpaired) electrons. The molecule has 0 aromatic heterocycles. The molecule has 2 heterocycles. The van der Waals surface area contributed by atoms with E-state index < -0.39 is 42.1 Å². The second-order valence-electron chi connectivity index (χ2n) is 7.61. The number of ether oxygens (including phenoxy) is 2. The molecule has 3 rings (SSSR count). The molecule has 3 amide bonds. The highest BCUT2D eigenvalue weighted by molar-refractivity contribution is 6.02. The summed E-state index contributed by atoms with van der Waals surface area (Å²) < 4.78 is 10.2. The number of likely N-dealkylation sites (tertiary alicyclic amines) is 2. The van der Waals surface area contributed by atoms with E-state index in [4.69, 9.17) is 9.47 Å². The van der Waals surface area contributed by atoms with Gasteiger partial charge in [-0.25, -0.2) is 4.79 Å². The Morgan fingerprint density at radius 3 is 2.46 bits per heavy atom. The third-order valence-corrected chi connectivity index (χ3v) is 5.31. The summed E-state index contributed by atoms with van der Waals surface area (Å²) in [4.78, 5) is 51.7. The van der Waals surface area contributed by atoms with Gasteiger partial charge >= 0.3 is 12.1 Å². The minimum Gasteiger partial charge on any atom is -0.456 e. The summed E-state index contributed by atoms with van der Waals surface area (Å²) in [7, 11) is 0. The molecule has 150 valence electrons. The summed E-state index contributed by atoms with van der Waals surface area (Å²) >= 11 is 0. The van der Waals surface area contributed by atoms with Crippen LogP contribution >= 0.6 is 0 Å². The first-order chi connectivity index (χ1) is 13.2. The fraction of sp³-hybridized carbons (Fsp3) is 0.500. The molecule has 8 heteroatoms. The van der Waals surface area contributed by atoms with Crippen LogP contribution in [0, 0.1) is 5.41 Å². The molecular formula is C20H24N2O6. The van der Waals surface area contributed by atoms with E-state index in [2.05, 4.69) is 0 Å². The van der Waals surface area contributed by atoms with Crippen LogP contribution < -0.4 is 0 Å². The van der Waals surface area contributed by atoms with Crippen molar-refractivity contribution in [3.8, 4) is 0 Å². The quantitative estimate of drug-likeness (QED) is 0.729.